The predicted octanol–water partition coefficient (Wildman–Crippen LogP) is 0.337. The molecule has 0 aromatic carbocycles. The number of hydrogen-bond acceptors (Lipinski definition) is 8. The number of hydrogen-bond donors (Lipinski definition) is 0. The topological polar surface area (TPSA) is 95.9 Å². The first-order chi connectivity index (χ1) is 15.0. The van der Waals surface area contributed by atoms with Crippen LogP contribution >= 0.6 is 0 Å². The number of rotatable bonds is 6. The fraction of sp³-hybridized carbons (Fsp3) is 0.591. The molecule has 5 atom stereocenters. The zero-order chi connectivity index (χ0) is 21.5. The van der Waals surface area contributed by atoms with Gasteiger partial charge in [0.05, 0.1) is 18.4 Å². The summed E-state index contributed by atoms with van der Waals surface area (Å²) in [4.78, 5) is 52.0. The molecule has 2 aliphatic heterocycles. The van der Waals surface area contributed by atoms with Crippen molar-refractivity contribution >= 4 is 23.7 Å². The molecule has 0 spiro atoms. The molecule has 1 aromatic heterocycles. The number of imide groups is 1. The third-order valence-electron chi connectivity index (χ3n) is 6.95. The van der Waals surface area contributed by atoms with Crippen molar-refractivity contribution in [2.45, 2.75) is 19.4 Å². The van der Waals surface area contributed by atoms with Gasteiger partial charge in [0.1, 0.15) is 6.10 Å². The molecule has 2 bridgehead atoms. The van der Waals surface area contributed by atoms with Crippen molar-refractivity contribution in [1.82, 2.24) is 19.8 Å². The molecule has 3 unspecified atom stereocenters. The Hall–Kier alpha value is -2.81. The van der Waals surface area contributed by atoms with Gasteiger partial charge in [0.25, 0.3) is 0 Å². The van der Waals surface area contributed by atoms with E-state index >= 15 is 0 Å². The normalized spacial score (nSPS) is 30.7. The maximum Gasteiger partial charge on any atom is 0.303 e. The van der Waals surface area contributed by atoms with Gasteiger partial charge in [-0.2, -0.15) is 0 Å². The molecule has 5 rings (SSSR count). The Bertz CT molecular complexity index is 868. The summed E-state index contributed by atoms with van der Waals surface area (Å²) in [6.45, 7) is 5.03. The van der Waals surface area contributed by atoms with Crippen LogP contribution in [0.4, 0.5) is 5.95 Å². The maximum absolute atomic E-state index is 13.0. The number of likely N-dealkylation sites (tertiary alicyclic amines) is 1. The van der Waals surface area contributed by atoms with Gasteiger partial charge in [-0.3, -0.25) is 24.2 Å². The Morgan fingerprint density at radius 1 is 1.03 bits per heavy atom. The van der Waals surface area contributed by atoms with E-state index in [1.807, 2.05) is 0 Å². The molecule has 0 radical (unpaired) electrons. The molecular weight excluding hydrogens is 398 g/mol. The van der Waals surface area contributed by atoms with E-state index in [2.05, 4.69) is 31.9 Å². The van der Waals surface area contributed by atoms with Crippen LogP contribution in [0.25, 0.3) is 0 Å². The molecule has 164 valence electrons. The van der Waals surface area contributed by atoms with E-state index in [1.54, 1.807) is 18.5 Å². The summed E-state index contributed by atoms with van der Waals surface area (Å²) in [5.41, 5.74) is 0. The van der Waals surface area contributed by atoms with Gasteiger partial charge in [0, 0.05) is 52.0 Å². The number of fused-ring (bicyclic) bond motifs is 5. The van der Waals surface area contributed by atoms with Crippen LogP contribution < -0.4 is 4.90 Å². The maximum atomic E-state index is 13.0. The summed E-state index contributed by atoms with van der Waals surface area (Å²) in [6.07, 6.45) is 8.00. The summed E-state index contributed by atoms with van der Waals surface area (Å²) in [7, 11) is 0. The lowest BCUT2D eigenvalue weighted by atomic mass is 9.85. The van der Waals surface area contributed by atoms with Crippen molar-refractivity contribution in [3.05, 3.63) is 30.6 Å². The molecule has 3 heterocycles. The van der Waals surface area contributed by atoms with Crippen LogP contribution in [0.5, 0.6) is 0 Å². The Balaban J connectivity index is 1.21. The Morgan fingerprint density at radius 2 is 1.65 bits per heavy atom. The quantitative estimate of drug-likeness (QED) is 0.366. The lowest BCUT2D eigenvalue weighted by molar-refractivity contribution is -0.153. The zero-order valence-electron chi connectivity index (χ0n) is 17.6. The average Bonchev–Trinajstić information content (AvgIpc) is 3.45. The number of piperazine rings is 1. The molecule has 9 heteroatoms. The molecule has 2 saturated heterocycles. The molecule has 2 aliphatic carbocycles. The molecule has 1 aromatic rings. The molecule has 4 aliphatic rings. The second kappa shape index (κ2) is 8.03. The van der Waals surface area contributed by atoms with Gasteiger partial charge < -0.3 is 9.64 Å². The first kappa shape index (κ1) is 20.1. The SMILES string of the molecule is CC(=O)OC(CN1CCN(c2ncccn2)CC1)CN1C(=O)C2C3C=C[C@@H](C3)[C@@H]2C1=O. The standard InChI is InChI=1S/C22H27N5O4/c1-14(28)31-17(12-25-7-9-26(10-8-25)22-23-5-2-6-24-22)13-27-20(29)18-15-3-4-16(11-15)19(18)21(27)30/h2-6,15-19H,7-13H2,1H3/t15-,16?,17?,18-,19?/m0/s1. The van der Waals surface area contributed by atoms with Crippen molar-refractivity contribution in [2.75, 3.05) is 44.2 Å². The minimum atomic E-state index is -0.533. The van der Waals surface area contributed by atoms with Gasteiger partial charge in [-0.1, -0.05) is 12.2 Å². The van der Waals surface area contributed by atoms with Crippen LogP contribution in [-0.2, 0) is 19.1 Å². The third-order valence-corrected chi connectivity index (χ3v) is 6.95. The Labute approximate surface area is 181 Å². The number of allylic oxidation sites excluding steroid dienone is 2. The minimum absolute atomic E-state index is 0.102. The highest BCUT2D eigenvalue weighted by molar-refractivity contribution is 6.06. The van der Waals surface area contributed by atoms with Crippen LogP contribution in [-0.4, -0.2) is 82.9 Å². The van der Waals surface area contributed by atoms with Crippen LogP contribution in [0, 0.1) is 23.7 Å². The number of carbonyl (C=O) groups is 3. The summed E-state index contributed by atoms with van der Waals surface area (Å²) < 4.78 is 5.53. The molecule has 31 heavy (non-hydrogen) atoms. The first-order valence-corrected chi connectivity index (χ1v) is 11.0. The second-order valence-corrected chi connectivity index (χ2v) is 8.85. The van der Waals surface area contributed by atoms with Crippen molar-refractivity contribution in [3.63, 3.8) is 0 Å². The molecule has 1 saturated carbocycles. The highest BCUT2D eigenvalue weighted by Gasteiger charge is 2.59. The number of nitrogens with zero attached hydrogens (tertiary/aromatic N) is 5. The van der Waals surface area contributed by atoms with Crippen molar-refractivity contribution in [1.29, 1.82) is 0 Å². The average molecular weight is 425 g/mol. The highest BCUT2D eigenvalue weighted by Crippen LogP contribution is 2.52. The number of aromatic nitrogens is 2. The van der Waals surface area contributed by atoms with Crippen molar-refractivity contribution < 1.29 is 19.1 Å². The van der Waals surface area contributed by atoms with E-state index in [-0.39, 0.29) is 42.0 Å². The summed E-state index contributed by atoms with van der Waals surface area (Å²) >= 11 is 0. The van der Waals surface area contributed by atoms with Crippen molar-refractivity contribution in [3.8, 4) is 0 Å². The number of carbonyl (C=O) groups excluding carboxylic acids is 3. The lowest BCUT2D eigenvalue weighted by Gasteiger charge is -2.36. The molecule has 3 fully saturated rings. The monoisotopic (exact) mass is 425 g/mol. The van der Waals surface area contributed by atoms with E-state index < -0.39 is 12.1 Å². The van der Waals surface area contributed by atoms with E-state index in [0.29, 0.717) is 12.5 Å². The van der Waals surface area contributed by atoms with Gasteiger partial charge in [0.15, 0.2) is 0 Å². The molecule has 2 amide bonds. The summed E-state index contributed by atoms with van der Waals surface area (Å²) in [5, 5.41) is 0. The number of amides is 2. The Morgan fingerprint density at radius 3 is 2.23 bits per heavy atom. The first-order valence-electron chi connectivity index (χ1n) is 11.0. The fourth-order valence-electron chi connectivity index (χ4n) is 5.59. The number of ether oxygens (including phenoxy) is 1. The van der Waals surface area contributed by atoms with E-state index in [0.717, 1.165) is 32.6 Å². The van der Waals surface area contributed by atoms with E-state index in [9.17, 15) is 14.4 Å². The fourth-order valence-corrected chi connectivity index (χ4v) is 5.59. The molecular formula is C22H27N5O4. The summed E-state index contributed by atoms with van der Waals surface area (Å²) in [6, 6.07) is 1.79. The van der Waals surface area contributed by atoms with Crippen LogP contribution in [0.1, 0.15) is 13.3 Å². The second-order valence-electron chi connectivity index (χ2n) is 8.85. The van der Waals surface area contributed by atoms with Gasteiger partial charge >= 0.3 is 5.97 Å². The van der Waals surface area contributed by atoms with Crippen molar-refractivity contribution in [2.24, 2.45) is 23.7 Å². The predicted molar refractivity (Wildman–Crippen MR) is 111 cm³/mol. The lowest BCUT2D eigenvalue weighted by Crippen LogP contribution is -2.51. The Kier molecular flexibility index (Phi) is 5.21. The zero-order valence-corrected chi connectivity index (χ0v) is 17.6. The largest absolute Gasteiger partial charge is 0.459 e. The molecule has 0 N–H and O–H groups in total. The van der Waals surface area contributed by atoms with E-state index in [4.69, 9.17) is 4.74 Å². The van der Waals surface area contributed by atoms with E-state index in [1.165, 1.54) is 11.8 Å². The van der Waals surface area contributed by atoms with Crippen LogP contribution in [0.2, 0.25) is 0 Å². The highest BCUT2D eigenvalue weighted by atomic mass is 16.5. The van der Waals surface area contributed by atoms with Crippen LogP contribution in [0.15, 0.2) is 30.6 Å². The third kappa shape index (κ3) is 3.71. The van der Waals surface area contributed by atoms with Crippen LogP contribution in [0.3, 0.4) is 0 Å². The minimum Gasteiger partial charge on any atom is -0.459 e. The number of esters is 1. The number of anilines is 1. The summed E-state index contributed by atoms with van der Waals surface area (Å²) in [5.74, 6) is 0.00720. The van der Waals surface area contributed by atoms with Gasteiger partial charge in [-0.05, 0) is 24.3 Å². The molecule has 9 nitrogen and oxygen atoms in total. The van der Waals surface area contributed by atoms with Gasteiger partial charge in [0.2, 0.25) is 17.8 Å². The smallest absolute Gasteiger partial charge is 0.303 e. The van der Waals surface area contributed by atoms with Gasteiger partial charge in [-0.15, -0.1) is 0 Å². The van der Waals surface area contributed by atoms with Gasteiger partial charge in [-0.25, -0.2) is 9.97 Å².